The molecule has 1 aliphatic carbocycles. The molecular weight excluding hydrogens is 409 g/mol. The molecule has 1 heterocycles. The Kier molecular flexibility index (Phi) is 5.43. The number of esters is 1. The highest BCUT2D eigenvalue weighted by Crippen LogP contribution is 2.64. The molecule has 5 nitrogen and oxygen atoms in total. The number of rotatable bonds is 6. The Bertz CT molecular complexity index is 878. The summed E-state index contributed by atoms with van der Waals surface area (Å²) < 4.78 is 9.28. The van der Waals surface area contributed by atoms with Crippen LogP contribution >= 0.6 is 34.5 Å². The number of amides is 1. The lowest BCUT2D eigenvalue weighted by Gasteiger charge is -2.13. The zero-order chi connectivity index (χ0) is 19.8. The fourth-order valence-corrected chi connectivity index (χ4v) is 4.38. The van der Waals surface area contributed by atoms with E-state index in [1.165, 1.54) is 11.3 Å². The van der Waals surface area contributed by atoms with Gasteiger partial charge in [0.2, 0.25) is 5.91 Å². The van der Waals surface area contributed by atoms with Gasteiger partial charge in [-0.15, -0.1) is 34.5 Å². The van der Waals surface area contributed by atoms with E-state index in [0.717, 1.165) is 5.56 Å². The van der Waals surface area contributed by atoms with E-state index in [4.69, 9.17) is 32.7 Å². The largest absolute Gasteiger partial charge is 0.497 e. The van der Waals surface area contributed by atoms with Gasteiger partial charge >= 0.3 is 5.97 Å². The number of carbonyl (C=O) groups is 2. The molecule has 144 valence electrons. The van der Waals surface area contributed by atoms with E-state index in [1.807, 2.05) is 17.5 Å². The van der Waals surface area contributed by atoms with Crippen molar-refractivity contribution in [2.24, 2.45) is 5.41 Å². The van der Waals surface area contributed by atoms with Crippen LogP contribution in [0, 0.1) is 5.41 Å². The molecule has 2 aromatic rings. The maximum atomic E-state index is 12.6. The van der Waals surface area contributed by atoms with Crippen molar-refractivity contribution in [2.45, 2.75) is 24.6 Å². The minimum atomic E-state index is -1.09. The number of alkyl halides is 2. The lowest BCUT2D eigenvalue weighted by Crippen LogP contribution is -2.26. The van der Waals surface area contributed by atoms with E-state index in [9.17, 15) is 9.59 Å². The average Bonchev–Trinajstić information content (AvgIpc) is 2.97. The topological polar surface area (TPSA) is 64.6 Å². The molecule has 1 atom stereocenters. The third-order valence-corrected chi connectivity index (χ3v) is 6.65. The molecule has 1 amide bonds. The van der Waals surface area contributed by atoms with Crippen LogP contribution in [0.4, 0.5) is 5.00 Å². The first-order valence-corrected chi connectivity index (χ1v) is 9.99. The SMILES string of the molecule is CCOC(=O)c1c(-c2ccc(OC)cc2)csc1NC(=O)[C@]1(C)CC1(Cl)Cl. The van der Waals surface area contributed by atoms with Crippen molar-refractivity contribution in [3.05, 3.63) is 35.2 Å². The molecule has 3 rings (SSSR count). The molecule has 1 aromatic heterocycles. The van der Waals surface area contributed by atoms with E-state index >= 15 is 0 Å². The quantitative estimate of drug-likeness (QED) is 0.512. The van der Waals surface area contributed by atoms with Crippen LogP contribution in [0.25, 0.3) is 11.1 Å². The minimum Gasteiger partial charge on any atom is -0.497 e. The molecule has 0 bridgehead atoms. The van der Waals surface area contributed by atoms with Gasteiger partial charge in [0, 0.05) is 10.9 Å². The van der Waals surface area contributed by atoms with Crippen molar-refractivity contribution < 1.29 is 19.1 Å². The minimum absolute atomic E-state index is 0.230. The fraction of sp³-hybridized carbons (Fsp3) is 0.368. The standard InChI is InChI=1S/C19H19Cl2NO4S/c1-4-26-16(23)14-13(11-5-7-12(25-3)8-6-11)9-27-15(14)22-17(24)18(2)10-19(18,20)21/h5-9H,4,10H2,1-3H3,(H,22,24)/t18-/m0/s1. The second-order valence-corrected chi connectivity index (χ2v) is 8.83. The van der Waals surface area contributed by atoms with Crippen molar-refractivity contribution >= 4 is 51.4 Å². The number of methoxy groups -OCH3 is 1. The van der Waals surface area contributed by atoms with E-state index in [2.05, 4.69) is 5.32 Å². The van der Waals surface area contributed by atoms with Crippen LogP contribution in [-0.4, -0.2) is 29.9 Å². The highest BCUT2D eigenvalue weighted by molar-refractivity contribution is 7.15. The predicted octanol–water partition coefficient (Wildman–Crippen LogP) is 5.12. The van der Waals surface area contributed by atoms with Gasteiger partial charge in [0.15, 0.2) is 0 Å². The van der Waals surface area contributed by atoms with Gasteiger partial charge in [-0.05, 0) is 38.0 Å². The summed E-state index contributed by atoms with van der Waals surface area (Å²) in [6, 6.07) is 7.31. The number of nitrogens with one attached hydrogen (secondary N) is 1. The first-order chi connectivity index (χ1) is 12.7. The molecule has 1 aromatic carbocycles. The molecule has 1 saturated carbocycles. The molecule has 1 aliphatic rings. The number of hydrogen-bond acceptors (Lipinski definition) is 5. The lowest BCUT2D eigenvalue weighted by atomic mass is 10.0. The zero-order valence-corrected chi connectivity index (χ0v) is 17.4. The van der Waals surface area contributed by atoms with Crippen molar-refractivity contribution in [1.82, 2.24) is 0 Å². The molecule has 0 aliphatic heterocycles. The van der Waals surface area contributed by atoms with Gasteiger partial charge in [-0.1, -0.05) is 12.1 Å². The Labute approximate surface area is 171 Å². The first-order valence-electron chi connectivity index (χ1n) is 8.36. The Morgan fingerprint density at radius 2 is 1.89 bits per heavy atom. The number of carbonyl (C=O) groups excluding carboxylic acids is 2. The van der Waals surface area contributed by atoms with Crippen LogP contribution in [0.3, 0.4) is 0 Å². The highest BCUT2D eigenvalue weighted by Gasteiger charge is 2.68. The second kappa shape index (κ2) is 7.34. The van der Waals surface area contributed by atoms with Crippen molar-refractivity contribution in [1.29, 1.82) is 0 Å². The Balaban J connectivity index is 1.95. The molecule has 27 heavy (non-hydrogen) atoms. The van der Waals surface area contributed by atoms with E-state index in [0.29, 0.717) is 28.3 Å². The summed E-state index contributed by atoms with van der Waals surface area (Å²) in [6.07, 6.45) is 0.362. The van der Waals surface area contributed by atoms with Gasteiger partial charge in [0.05, 0.1) is 19.1 Å². The van der Waals surface area contributed by atoms with Gasteiger partial charge in [-0.2, -0.15) is 0 Å². The van der Waals surface area contributed by atoms with Crippen molar-refractivity contribution in [3.8, 4) is 16.9 Å². The van der Waals surface area contributed by atoms with Gasteiger partial charge < -0.3 is 14.8 Å². The number of hydrogen-bond donors (Lipinski definition) is 1. The maximum absolute atomic E-state index is 12.6. The van der Waals surface area contributed by atoms with E-state index in [1.54, 1.807) is 33.1 Å². The fourth-order valence-electron chi connectivity index (χ4n) is 2.73. The predicted molar refractivity (Wildman–Crippen MR) is 108 cm³/mol. The summed E-state index contributed by atoms with van der Waals surface area (Å²) in [6.45, 7) is 3.66. The molecule has 1 fully saturated rings. The number of anilines is 1. The van der Waals surface area contributed by atoms with Crippen molar-refractivity contribution in [2.75, 3.05) is 19.0 Å². The van der Waals surface area contributed by atoms with E-state index < -0.39 is 15.7 Å². The van der Waals surface area contributed by atoms with Crippen LogP contribution in [-0.2, 0) is 9.53 Å². The van der Waals surface area contributed by atoms with Crippen LogP contribution in [0.2, 0.25) is 0 Å². The molecule has 0 unspecified atom stereocenters. The second-order valence-electron chi connectivity index (χ2n) is 6.47. The van der Waals surface area contributed by atoms with Gasteiger partial charge in [-0.3, -0.25) is 4.79 Å². The number of thiophene rings is 1. The van der Waals surface area contributed by atoms with Crippen LogP contribution in [0.15, 0.2) is 29.6 Å². The van der Waals surface area contributed by atoms with Crippen LogP contribution in [0.5, 0.6) is 5.75 Å². The monoisotopic (exact) mass is 427 g/mol. The molecular formula is C19H19Cl2NO4S. The summed E-state index contributed by atoms with van der Waals surface area (Å²) >= 11 is 13.4. The van der Waals surface area contributed by atoms with Gasteiger partial charge in [0.1, 0.15) is 20.6 Å². The molecule has 1 N–H and O–H groups in total. The Morgan fingerprint density at radius 3 is 2.41 bits per heavy atom. The third kappa shape index (κ3) is 3.66. The Morgan fingerprint density at radius 1 is 1.26 bits per heavy atom. The number of halogens is 2. The van der Waals surface area contributed by atoms with Crippen LogP contribution in [0.1, 0.15) is 30.6 Å². The maximum Gasteiger partial charge on any atom is 0.341 e. The third-order valence-electron chi connectivity index (χ3n) is 4.66. The molecule has 8 heteroatoms. The summed E-state index contributed by atoms with van der Waals surface area (Å²) in [5, 5.41) is 5.04. The lowest BCUT2D eigenvalue weighted by molar-refractivity contribution is -0.120. The number of ether oxygens (including phenoxy) is 2. The number of benzene rings is 1. The first kappa shape index (κ1) is 20.0. The molecule has 0 saturated heterocycles. The van der Waals surface area contributed by atoms with Gasteiger partial charge in [0.25, 0.3) is 0 Å². The summed E-state index contributed by atoms with van der Waals surface area (Å²) in [5.41, 5.74) is 0.934. The zero-order valence-electron chi connectivity index (χ0n) is 15.1. The summed E-state index contributed by atoms with van der Waals surface area (Å²) in [5.74, 6) is -0.104. The average molecular weight is 428 g/mol. The summed E-state index contributed by atoms with van der Waals surface area (Å²) in [7, 11) is 1.59. The normalized spacial score (nSPS) is 20.0. The Hall–Kier alpha value is -1.76. The van der Waals surface area contributed by atoms with E-state index in [-0.39, 0.29) is 12.5 Å². The molecule has 0 radical (unpaired) electrons. The van der Waals surface area contributed by atoms with Gasteiger partial charge in [-0.25, -0.2) is 4.79 Å². The smallest absolute Gasteiger partial charge is 0.341 e. The van der Waals surface area contributed by atoms with Crippen molar-refractivity contribution in [3.63, 3.8) is 0 Å². The molecule has 0 spiro atoms. The van der Waals surface area contributed by atoms with Crippen LogP contribution < -0.4 is 10.1 Å². The highest BCUT2D eigenvalue weighted by atomic mass is 35.5. The summed E-state index contributed by atoms with van der Waals surface area (Å²) in [4.78, 5) is 25.2.